The fraction of sp³-hybridized carbons (Fsp3) is 0.308. The van der Waals surface area contributed by atoms with E-state index in [9.17, 15) is 4.79 Å². The molecule has 19 heavy (non-hydrogen) atoms. The molecule has 1 heterocycles. The average Bonchev–Trinajstić information content (AvgIpc) is 3.20. The summed E-state index contributed by atoms with van der Waals surface area (Å²) in [5.41, 5.74) is 5.73. The van der Waals surface area contributed by atoms with Crippen LogP contribution in [-0.4, -0.2) is 28.4 Å². The number of allylic oxidation sites excluding steroid dienone is 1. The molecule has 0 unspecified atom stereocenters. The number of carboxylic acid groups (broad SMARTS) is 1. The molecule has 1 fully saturated rings. The number of hydrogen-bond donors (Lipinski definition) is 3. The van der Waals surface area contributed by atoms with E-state index in [1.54, 1.807) is 0 Å². The summed E-state index contributed by atoms with van der Waals surface area (Å²) in [6.45, 7) is 0.503. The largest absolute Gasteiger partial charge is 0.477 e. The highest BCUT2D eigenvalue weighted by Crippen LogP contribution is 2.30. The van der Waals surface area contributed by atoms with Gasteiger partial charge in [-0.3, -0.25) is 0 Å². The lowest BCUT2D eigenvalue weighted by molar-refractivity contribution is 0.0689. The topological polar surface area (TPSA) is 109 Å². The number of aromatic nitrogens is 1. The van der Waals surface area contributed by atoms with Crippen LogP contribution in [0.3, 0.4) is 0 Å². The summed E-state index contributed by atoms with van der Waals surface area (Å²) in [6.07, 6.45) is 4.89. The Bertz CT molecular complexity index is 536. The number of aromatic carboxylic acids is 1. The van der Waals surface area contributed by atoms with Crippen LogP contribution in [0.15, 0.2) is 24.4 Å². The second kappa shape index (κ2) is 5.51. The maximum atomic E-state index is 10.9. The number of carbonyl (C=O) groups is 1. The monoisotopic (exact) mass is 261 g/mol. The highest BCUT2D eigenvalue weighted by Gasteiger charge is 2.23. The third-order valence-corrected chi connectivity index (χ3v) is 2.79. The predicted molar refractivity (Wildman–Crippen MR) is 69.6 cm³/mol. The van der Waals surface area contributed by atoms with Gasteiger partial charge in [-0.2, -0.15) is 0 Å². The summed E-state index contributed by atoms with van der Waals surface area (Å²) >= 11 is 0. The van der Waals surface area contributed by atoms with E-state index >= 15 is 0 Å². The van der Waals surface area contributed by atoms with Gasteiger partial charge in [0.15, 0.2) is 5.69 Å². The van der Waals surface area contributed by atoms with Crippen LogP contribution in [0.4, 0.5) is 0 Å². The number of carboxylic acids is 1. The fourth-order valence-electron chi connectivity index (χ4n) is 1.54. The van der Waals surface area contributed by atoms with E-state index in [0.717, 1.165) is 12.8 Å². The molecule has 1 aromatic rings. The minimum Gasteiger partial charge on any atom is -0.477 e. The first-order valence-electron chi connectivity index (χ1n) is 5.96. The van der Waals surface area contributed by atoms with Crippen LogP contribution in [-0.2, 0) is 0 Å². The van der Waals surface area contributed by atoms with Crippen molar-refractivity contribution in [3.63, 3.8) is 0 Å². The van der Waals surface area contributed by atoms with Crippen molar-refractivity contribution in [3.8, 4) is 5.88 Å². The van der Waals surface area contributed by atoms with Crippen LogP contribution in [0.1, 0.15) is 28.9 Å². The number of nitrogens with zero attached hydrogens (tertiary/aromatic N) is 1. The van der Waals surface area contributed by atoms with Crippen LogP contribution < -0.4 is 10.5 Å². The van der Waals surface area contributed by atoms with Crippen molar-refractivity contribution in [2.75, 3.05) is 6.61 Å². The number of ether oxygens (including phenoxy) is 1. The van der Waals surface area contributed by atoms with E-state index in [2.05, 4.69) is 4.98 Å². The second-order valence-corrected chi connectivity index (χ2v) is 4.38. The molecule has 6 nitrogen and oxygen atoms in total. The van der Waals surface area contributed by atoms with Crippen molar-refractivity contribution in [3.05, 3.63) is 35.7 Å². The van der Waals surface area contributed by atoms with Crippen LogP contribution in [0.25, 0.3) is 0 Å². The highest BCUT2D eigenvalue weighted by molar-refractivity contribution is 6.08. The summed E-state index contributed by atoms with van der Waals surface area (Å²) in [5.74, 6) is -0.430. The van der Waals surface area contributed by atoms with E-state index in [1.165, 1.54) is 24.4 Å². The van der Waals surface area contributed by atoms with Crippen LogP contribution >= 0.6 is 0 Å². The second-order valence-electron chi connectivity index (χ2n) is 4.38. The number of nitrogens with two attached hydrogens (primary N) is 1. The van der Waals surface area contributed by atoms with E-state index in [0.29, 0.717) is 18.1 Å². The Kier molecular flexibility index (Phi) is 3.79. The molecule has 6 heteroatoms. The Morgan fingerprint density at radius 3 is 2.89 bits per heavy atom. The highest BCUT2D eigenvalue weighted by atomic mass is 16.5. The van der Waals surface area contributed by atoms with Crippen molar-refractivity contribution in [2.45, 2.75) is 12.8 Å². The van der Waals surface area contributed by atoms with Gasteiger partial charge in [0, 0.05) is 0 Å². The van der Waals surface area contributed by atoms with Gasteiger partial charge in [0.2, 0.25) is 5.88 Å². The lowest BCUT2D eigenvalue weighted by Crippen LogP contribution is -2.10. The van der Waals surface area contributed by atoms with E-state index in [1.807, 2.05) is 0 Å². The molecule has 0 saturated heterocycles. The number of hydrogen-bond acceptors (Lipinski definition) is 5. The summed E-state index contributed by atoms with van der Waals surface area (Å²) in [6, 6.07) is 2.86. The quantitative estimate of drug-likeness (QED) is 0.671. The zero-order chi connectivity index (χ0) is 13.8. The van der Waals surface area contributed by atoms with Crippen LogP contribution in [0.5, 0.6) is 5.88 Å². The molecule has 2 rings (SSSR count). The van der Waals surface area contributed by atoms with E-state index in [4.69, 9.17) is 21.0 Å². The Labute approximate surface area is 110 Å². The van der Waals surface area contributed by atoms with Crippen molar-refractivity contribution >= 4 is 11.7 Å². The Hall–Kier alpha value is -2.37. The first kappa shape index (κ1) is 13.1. The summed E-state index contributed by atoms with van der Waals surface area (Å²) in [4.78, 5) is 14.8. The Balaban J connectivity index is 2.28. The molecule has 0 spiro atoms. The maximum absolute atomic E-state index is 10.9. The molecule has 1 aliphatic rings. The number of pyridine rings is 1. The van der Waals surface area contributed by atoms with Gasteiger partial charge in [0.05, 0.1) is 17.9 Å². The lowest BCUT2D eigenvalue weighted by Gasteiger charge is -2.10. The molecule has 1 saturated carbocycles. The number of nitrogens with one attached hydrogen (secondary N) is 1. The summed E-state index contributed by atoms with van der Waals surface area (Å²) < 4.78 is 5.53. The Morgan fingerprint density at radius 2 is 2.32 bits per heavy atom. The van der Waals surface area contributed by atoms with E-state index < -0.39 is 5.97 Å². The standard InChI is InChI=1S/C13H15N3O3/c14-6-5-10(15)9-3-4-11(13(17)18)16-12(9)19-7-8-1-2-8/h3-6,8,15H,1-2,7,14H2,(H,17,18)/b6-5-,15-10?. The van der Waals surface area contributed by atoms with Crippen molar-refractivity contribution in [2.24, 2.45) is 11.7 Å². The van der Waals surface area contributed by atoms with Crippen molar-refractivity contribution in [1.82, 2.24) is 4.98 Å². The van der Waals surface area contributed by atoms with Crippen molar-refractivity contribution in [1.29, 1.82) is 5.41 Å². The Morgan fingerprint density at radius 1 is 1.58 bits per heavy atom. The SMILES string of the molecule is N=C(/C=C\N)c1ccc(C(=O)O)nc1OCC1CC1. The molecule has 0 bridgehead atoms. The molecule has 0 atom stereocenters. The molecule has 0 aromatic carbocycles. The summed E-state index contributed by atoms with van der Waals surface area (Å²) in [7, 11) is 0. The minimum atomic E-state index is -1.12. The molecule has 100 valence electrons. The normalized spacial score (nSPS) is 14.5. The van der Waals surface area contributed by atoms with Crippen molar-refractivity contribution < 1.29 is 14.6 Å². The fourth-order valence-corrected chi connectivity index (χ4v) is 1.54. The minimum absolute atomic E-state index is 0.0981. The molecular formula is C13H15N3O3. The van der Waals surface area contributed by atoms with Crippen LogP contribution in [0.2, 0.25) is 0 Å². The molecule has 1 aromatic heterocycles. The smallest absolute Gasteiger partial charge is 0.354 e. The van der Waals surface area contributed by atoms with Gasteiger partial charge in [0.1, 0.15) is 0 Å². The summed E-state index contributed by atoms with van der Waals surface area (Å²) in [5, 5.41) is 16.7. The maximum Gasteiger partial charge on any atom is 0.354 e. The average molecular weight is 261 g/mol. The lowest BCUT2D eigenvalue weighted by atomic mass is 10.1. The molecule has 4 N–H and O–H groups in total. The van der Waals surface area contributed by atoms with Gasteiger partial charge < -0.3 is 21.0 Å². The third kappa shape index (κ3) is 3.31. The first-order chi connectivity index (χ1) is 9.11. The third-order valence-electron chi connectivity index (χ3n) is 2.79. The zero-order valence-electron chi connectivity index (χ0n) is 10.3. The molecule has 0 amide bonds. The van der Waals surface area contributed by atoms with Crippen LogP contribution in [0, 0.1) is 11.3 Å². The molecular weight excluding hydrogens is 246 g/mol. The first-order valence-corrected chi connectivity index (χ1v) is 5.96. The number of rotatable bonds is 6. The molecule has 0 radical (unpaired) electrons. The van der Waals surface area contributed by atoms with Gasteiger partial charge in [-0.25, -0.2) is 9.78 Å². The molecule has 1 aliphatic carbocycles. The zero-order valence-corrected chi connectivity index (χ0v) is 10.3. The van der Waals surface area contributed by atoms with Gasteiger partial charge in [0.25, 0.3) is 0 Å². The predicted octanol–water partition coefficient (Wildman–Crippen LogP) is 1.41. The van der Waals surface area contributed by atoms with Gasteiger partial charge in [-0.15, -0.1) is 0 Å². The van der Waals surface area contributed by atoms with Gasteiger partial charge >= 0.3 is 5.97 Å². The molecule has 0 aliphatic heterocycles. The van der Waals surface area contributed by atoms with Gasteiger partial charge in [-0.05, 0) is 43.2 Å². The van der Waals surface area contributed by atoms with E-state index in [-0.39, 0.29) is 17.3 Å². The van der Waals surface area contributed by atoms with Gasteiger partial charge in [-0.1, -0.05) is 0 Å².